The summed E-state index contributed by atoms with van der Waals surface area (Å²) in [5, 5.41) is 10.0. The minimum absolute atomic E-state index is 0.0281. The molecular weight excluding hydrogens is 402 g/mol. The number of hydrogen-bond acceptors (Lipinski definition) is 5. The molecule has 0 radical (unpaired) electrons. The first-order chi connectivity index (χ1) is 15.6. The number of carbonyl (C=O) groups excluding carboxylic acids is 1. The summed E-state index contributed by atoms with van der Waals surface area (Å²) in [6.45, 7) is 0. The second-order valence-electron chi connectivity index (χ2n) is 7.17. The number of methoxy groups -OCH3 is 2. The van der Waals surface area contributed by atoms with Crippen molar-refractivity contribution >= 4 is 23.3 Å². The molecule has 0 spiro atoms. The maximum atomic E-state index is 11.0. The summed E-state index contributed by atoms with van der Waals surface area (Å²) in [6, 6.07) is 28.8. The molecule has 0 unspecified atom stereocenters. The van der Waals surface area contributed by atoms with E-state index in [2.05, 4.69) is 4.90 Å². The third-order valence-corrected chi connectivity index (χ3v) is 5.28. The monoisotopic (exact) mass is 425 g/mol. The van der Waals surface area contributed by atoms with Crippen LogP contribution in [-0.4, -0.2) is 25.6 Å². The van der Waals surface area contributed by atoms with Crippen molar-refractivity contribution in [2.24, 2.45) is 0 Å². The zero-order chi connectivity index (χ0) is 22.5. The lowest BCUT2D eigenvalue weighted by atomic mass is 10.0. The number of anilines is 3. The Labute approximate surface area is 187 Å². The number of aromatic hydroxyl groups is 1. The maximum absolute atomic E-state index is 11.0. The van der Waals surface area contributed by atoms with Gasteiger partial charge in [0, 0.05) is 17.1 Å². The lowest BCUT2D eigenvalue weighted by Crippen LogP contribution is -2.09. The number of hydrogen-bond donors (Lipinski definition) is 1. The fraction of sp³-hybridized carbons (Fsp3) is 0.0741. The van der Waals surface area contributed by atoms with Crippen LogP contribution >= 0.6 is 0 Å². The van der Waals surface area contributed by atoms with Gasteiger partial charge in [-0.2, -0.15) is 0 Å². The van der Waals surface area contributed by atoms with Crippen molar-refractivity contribution in [2.75, 3.05) is 19.1 Å². The van der Waals surface area contributed by atoms with Gasteiger partial charge in [0.05, 0.1) is 19.8 Å². The molecule has 5 heteroatoms. The van der Waals surface area contributed by atoms with Crippen molar-refractivity contribution in [1.29, 1.82) is 0 Å². The lowest BCUT2D eigenvalue weighted by Gasteiger charge is -2.26. The van der Waals surface area contributed by atoms with Gasteiger partial charge in [-0.15, -0.1) is 0 Å². The highest BCUT2D eigenvalue weighted by Crippen LogP contribution is 2.37. The molecule has 0 aliphatic heterocycles. The molecule has 0 amide bonds. The molecule has 0 saturated heterocycles. The van der Waals surface area contributed by atoms with Gasteiger partial charge >= 0.3 is 0 Å². The fourth-order valence-corrected chi connectivity index (χ4v) is 3.54. The molecule has 4 aromatic carbocycles. The Balaban J connectivity index is 1.73. The minimum atomic E-state index is -0.0281. The van der Waals surface area contributed by atoms with Gasteiger partial charge in [0.1, 0.15) is 17.2 Å². The van der Waals surface area contributed by atoms with Crippen molar-refractivity contribution in [1.82, 2.24) is 0 Å². The summed E-state index contributed by atoms with van der Waals surface area (Å²) in [6.07, 6.45) is 0.643. The first kappa shape index (κ1) is 21.0. The third kappa shape index (κ3) is 4.27. The summed E-state index contributed by atoms with van der Waals surface area (Å²) in [5.74, 6) is 1.55. The third-order valence-electron chi connectivity index (χ3n) is 5.28. The summed E-state index contributed by atoms with van der Waals surface area (Å²) in [7, 11) is 3.29. The highest BCUT2D eigenvalue weighted by molar-refractivity contribution is 5.82. The average Bonchev–Trinajstić information content (AvgIpc) is 2.85. The van der Waals surface area contributed by atoms with Crippen LogP contribution in [0.5, 0.6) is 17.2 Å². The van der Waals surface area contributed by atoms with Gasteiger partial charge in [-0.3, -0.25) is 4.79 Å². The number of nitrogens with zero attached hydrogens (tertiary/aromatic N) is 1. The molecule has 0 heterocycles. The second-order valence-corrected chi connectivity index (χ2v) is 7.17. The Morgan fingerprint density at radius 2 is 1.09 bits per heavy atom. The molecule has 4 aromatic rings. The van der Waals surface area contributed by atoms with E-state index in [-0.39, 0.29) is 11.3 Å². The van der Waals surface area contributed by atoms with Crippen LogP contribution in [0, 0.1) is 0 Å². The Hall–Kier alpha value is -4.25. The molecule has 5 nitrogen and oxygen atoms in total. The van der Waals surface area contributed by atoms with Crippen molar-refractivity contribution in [3.63, 3.8) is 0 Å². The van der Waals surface area contributed by atoms with Crippen LogP contribution in [0.1, 0.15) is 10.4 Å². The van der Waals surface area contributed by atoms with Crippen LogP contribution in [0.4, 0.5) is 17.1 Å². The quantitative estimate of drug-likeness (QED) is 0.349. The smallest absolute Gasteiger partial charge is 0.153 e. The molecule has 0 aliphatic rings. The first-order valence-electron chi connectivity index (χ1n) is 10.1. The molecule has 0 atom stereocenters. The van der Waals surface area contributed by atoms with E-state index >= 15 is 0 Å². The van der Waals surface area contributed by atoms with Crippen LogP contribution < -0.4 is 14.4 Å². The van der Waals surface area contributed by atoms with Gasteiger partial charge < -0.3 is 19.5 Å². The standard InChI is InChI=1S/C27H23NO4/c1-31-25-13-9-23(10-14-25)28(24-11-15-26(32-2)16-12-24)22-7-5-19(6-8-22)20-3-4-21(18-29)27(30)17-20/h3-18,30H,1-2H3. The van der Waals surface area contributed by atoms with Crippen molar-refractivity contribution in [3.05, 3.63) is 96.6 Å². The normalized spacial score (nSPS) is 10.4. The van der Waals surface area contributed by atoms with E-state index < -0.39 is 0 Å². The maximum Gasteiger partial charge on any atom is 0.153 e. The lowest BCUT2D eigenvalue weighted by molar-refractivity contribution is 0.112. The van der Waals surface area contributed by atoms with Crippen LogP contribution in [0.15, 0.2) is 91.0 Å². The summed E-state index contributed by atoms with van der Waals surface area (Å²) < 4.78 is 10.6. The Morgan fingerprint density at radius 1 is 0.656 bits per heavy atom. The van der Waals surface area contributed by atoms with Gasteiger partial charge in [0.15, 0.2) is 6.29 Å². The van der Waals surface area contributed by atoms with Gasteiger partial charge in [-0.25, -0.2) is 0 Å². The molecule has 0 aromatic heterocycles. The van der Waals surface area contributed by atoms with Crippen molar-refractivity contribution < 1.29 is 19.4 Å². The molecule has 160 valence electrons. The van der Waals surface area contributed by atoms with Crippen LogP contribution in [0.25, 0.3) is 11.1 Å². The molecule has 1 N–H and O–H groups in total. The van der Waals surface area contributed by atoms with E-state index in [9.17, 15) is 9.90 Å². The predicted octanol–water partition coefficient (Wildman–Crippen LogP) is 6.36. The zero-order valence-electron chi connectivity index (χ0n) is 17.9. The summed E-state index contributed by atoms with van der Waals surface area (Å²) in [5.41, 5.74) is 4.98. The largest absolute Gasteiger partial charge is 0.507 e. The number of phenols is 1. The number of phenolic OH excluding ortho intramolecular Hbond substituents is 1. The number of benzene rings is 4. The Kier molecular flexibility index (Phi) is 6.08. The Bertz CT molecular complexity index is 1150. The molecule has 0 aliphatic carbocycles. The van der Waals surface area contributed by atoms with E-state index in [1.807, 2.05) is 78.9 Å². The van der Waals surface area contributed by atoms with Crippen molar-refractivity contribution in [2.45, 2.75) is 0 Å². The molecular formula is C27H23NO4. The number of aldehydes is 1. The molecule has 4 rings (SSSR count). The second kappa shape index (κ2) is 9.27. The van der Waals surface area contributed by atoms with Gasteiger partial charge in [0.25, 0.3) is 0 Å². The van der Waals surface area contributed by atoms with Crippen molar-refractivity contribution in [3.8, 4) is 28.4 Å². The molecule has 0 fully saturated rings. The SMILES string of the molecule is COc1ccc(N(c2ccc(OC)cc2)c2ccc(-c3ccc(C=O)c(O)c3)cc2)cc1. The van der Waals surface area contributed by atoms with Crippen LogP contribution in [-0.2, 0) is 0 Å². The van der Waals surface area contributed by atoms with E-state index in [0.29, 0.717) is 6.29 Å². The predicted molar refractivity (Wildman–Crippen MR) is 127 cm³/mol. The zero-order valence-corrected chi connectivity index (χ0v) is 17.9. The topological polar surface area (TPSA) is 59.0 Å². The first-order valence-corrected chi connectivity index (χ1v) is 10.1. The summed E-state index contributed by atoms with van der Waals surface area (Å²) >= 11 is 0. The fourth-order valence-electron chi connectivity index (χ4n) is 3.54. The minimum Gasteiger partial charge on any atom is -0.507 e. The average molecular weight is 425 g/mol. The van der Waals surface area contributed by atoms with Crippen LogP contribution in [0.3, 0.4) is 0 Å². The number of carbonyl (C=O) groups is 1. The number of rotatable bonds is 7. The molecule has 0 saturated carbocycles. The summed E-state index contributed by atoms with van der Waals surface area (Å²) in [4.78, 5) is 13.1. The van der Waals surface area contributed by atoms with Gasteiger partial charge in [-0.1, -0.05) is 18.2 Å². The number of ether oxygens (including phenoxy) is 2. The van der Waals surface area contributed by atoms with Crippen LogP contribution in [0.2, 0.25) is 0 Å². The van der Waals surface area contributed by atoms with E-state index in [0.717, 1.165) is 39.7 Å². The van der Waals surface area contributed by atoms with E-state index in [1.54, 1.807) is 26.4 Å². The Morgan fingerprint density at radius 3 is 1.50 bits per heavy atom. The van der Waals surface area contributed by atoms with Gasteiger partial charge in [0.2, 0.25) is 0 Å². The highest BCUT2D eigenvalue weighted by atomic mass is 16.5. The van der Waals surface area contributed by atoms with Gasteiger partial charge in [-0.05, 0) is 83.9 Å². The highest BCUT2D eigenvalue weighted by Gasteiger charge is 2.13. The molecule has 0 bridgehead atoms. The van der Waals surface area contributed by atoms with E-state index in [1.165, 1.54) is 0 Å². The van der Waals surface area contributed by atoms with E-state index in [4.69, 9.17) is 9.47 Å². The molecule has 32 heavy (non-hydrogen) atoms.